The van der Waals surface area contributed by atoms with E-state index >= 15 is 0 Å². The number of phosphoric ester groups is 2. The van der Waals surface area contributed by atoms with Crippen LogP contribution in [0.15, 0.2) is 0 Å². The zero-order valence-electron chi connectivity index (χ0n) is 62.3. The lowest BCUT2D eigenvalue weighted by atomic mass is 10.00. The molecule has 0 radical (unpaired) electrons. The zero-order valence-corrected chi connectivity index (χ0v) is 64.1. The highest BCUT2D eigenvalue weighted by Gasteiger charge is 2.30. The Kier molecular flexibility index (Phi) is 64.0. The first-order valence-electron chi connectivity index (χ1n) is 39.2. The van der Waals surface area contributed by atoms with E-state index in [2.05, 4.69) is 55.4 Å². The number of aliphatic hydroxyl groups excluding tert-OH is 1. The molecule has 0 fully saturated rings. The quantitative estimate of drug-likeness (QED) is 0.0222. The summed E-state index contributed by atoms with van der Waals surface area (Å²) >= 11 is 0. The van der Waals surface area contributed by atoms with E-state index in [1.807, 2.05) is 0 Å². The third kappa shape index (κ3) is 69.0. The Morgan fingerprint density at radius 2 is 0.505 bits per heavy atom. The molecule has 564 valence electrons. The van der Waals surface area contributed by atoms with Crippen molar-refractivity contribution in [2.24, 2.45) is 23.7 Å². The van der Waals surface area contributed by atoms with Crippen molar-refractivity contribution in [1.29, 1.82) is 0 Å². The monoisotopic (exact) mass is 1400 g/mol. The van der Waals surface area contributed by atoms with Crippen molar-refractivity contribution in [2.45, 2.75) is 401 Å². The molecule has 0 saturated heterocycles. The van der Waals surface area contributed by atoms with Crippen LogP contribution in [-0.2, 0) is 65.4 Å². The number of esters is 4. The van der Waals surface area contributed by atoms with Crippen LogP contribution in [0.4, 0.5) is 0 Å². The fourth-order valence-electron chi connectivity index (χ4n) is 11.5. The van der Waals surface area contributed by atoms with Gasteiger partial charge in [-0.15, -0.1) is 0 Å². The van der Waals surface area contributed by atoms with Crippen LogP contribution >= 0.6 is 15.6 Å². The summed E-state index contributed by atoms with van der Waals surface area (Å²) in [7, 11) is -9.91. The van der Waals surface area contributed by atoms with E-state index < -0.39 is 97.5 Å². The lowest BCUT2D eigenvalue weighted by Crippen LogP contribution is -2.30. The van der Waals surface area contributed by atoms with E-state index in [1.54, 1.807) is 0 Å². The minimum atomic E-state index is -4.96. The molecule has 0 aliphatic rings. The van der Waals surface area contributed by atoms with Gasteiger partial charge in [-0.1, -0.05) is 331 Å². The first kappa shape index (κ1) is 93.1. The Bertz CT molecular complexity index is 1870. The summed E-state index contributed by atoms with van der Waals surface area (Å²) in [6.07, 6.45) is 50.0. The van der Waals surface area contributed by atoms with Crippen LogP contribution in [0.2, 0.25) is 0 Å². The van der Waals surface area contributed by atoms with Gasteiger partial charge in [-0.25, -0.2) is 9.13 Å². The highest BCUT2D eigenvalue weighted by atomic mass is 31.2. The fourth-order valence-corrected chi connectivity index (χ4v) is 13.1. The van der Waals surface area contributed by atoms with Crippen LogP contribution in [0.25, 0.3) is 0 Å². The van der Waals surface area contributed by atoms with Gasteiger partial charge in [-0.2, -0.15) is 0 Å². The van der Waals surface area contributed by atoms with Crippen molar-refractivity contribution in [3.63, 3.8) is 0 Å². The van der Waals surface area contributed by atoms with Crippen molar-refractivity contribution >= 4 is 39.5 Å². The van der Waals surface area contributed by atoms with Gasteiger partial charge in [0.2, 0.25) is 0 Å². The maximum atomic E-state index is 13.1. The normalized spacial score (nSPS) is 14.4. The molecule has 0 spiro atoms. The first-order chi connectivity index (χ1) is 45.6. The largest absolute Gasteiger partial charge is 0.472 e. The van der Waals surface area contributed by atoms with E-state index in [0.717, 1.165) is 120 Å². The molecular weight excluding hydrogens is 1250 g/mol. The number of ether oxygens (including phenoxy) is 4. The molecule has 3 unspecified atom stereocenters. The van der Waals surface area contributed by atoms with E-state index in [9.17, 15) is 43.2 Å². The average Bonchev–Trinajstić information content (AvgIpc) is 1.64. The lowest BCUT2D eigenvalue weighted by molar-refractivity contribution is -0.161. The second-order valence-corrected chi connectivity index (χ2v) is 32.0. The van der Waals surface area contributed by atoms with Crippen LogP contribution in [-0.4, -0.2) is 96.7 Å². The van der Waals surface area contributed by atoms with Gasteiger partial charge in [-0.3, -0.25) is 37.3 Å². The molecule has 0 bridgehead atoms. The number of carbonyl (C=O) groups excluding carboxylic acids is 4. The van der Waals surface area contributed by atoms with Gasteiger partial charge in [0.1, 0.15) is 19.3 Å². The van der Waals surface area contributed by atoms with Crippen LogP contribution in [0.1, 0.15) is 383 Å². The third-order valence-corrected chi connectivity index (χ3v) is 19.8. The second-order valence-electron chi connectivity index (χ2n) is 29.1. The maximum Gasteiger partial charge on any atom is 0.472 e. The standard InChI is InChI=1S/C76H148O17P2/c1-9-69(8)55-47-39-34-35-41-49-57-74(79)87-63-72(93-75(80)58-50-42-32-26-20-16-15-18-23-29-37-45-53-67(4)5)65-91-95(84,85)89-61-70(77)60-88-94(82,83)90-64-71(92-76(81)59-51-43-33-27-21-24-30-38-46-54-68(6)7)62-86-73(78)56-48-40-31-25-19-14-12-10-11-13-17-22-28-36-44-52-66(2)3/h66-72,77H,9-65H2,1-8H3,(H,82,83)(H,84,85)/t69?,70-,71-,72-/m1/s1. The molecule has 0 heterocycles. The van der Waals surface area contributed by atoms with Crippen LogP contribution in [0.3, 0.4) is 0 Å². The molecule has 0 rings (SSSR count). The van der Waals surface area contributed by atoms with Gasteiger partial charge in [-0.05, 0) is 49.4 Å². The Morgan fingerprint density at radius 3 is 0.747 bits per heavy atom. The molecule has 0 aromatic heterocycles. The third-order valence-electron chi connectivity index (χ3n) is 17.9. The molecule has 0 aromatic rings. The molecule has 0 aromatic carbocycles. The zero-order chi connectivity index (χ0) is 70.3. The Hall–Kier alpha value is -1.94. The molecule has 95 heavy (non-hydrogen) atoms. The van der Waals surface area contributed by atoms with Crippen molar-refractivity contribution in [3.8, 4) is 0 Å². The summed E-state index contributed by atoms with van der Waals surface area (Å²) in [4.78, 5) is 72.8. The summed E-state index contributed by atoms with van der Waals surface area (Å²) in [6, 6.07) is 0. The SMILES string of the molecule is CCC(C)CCCCCCCCC(=O)OC[C@H](COP(=O)(O)OC[C@H](O)COP(=O)(O)OC[C@@H](COC(=O)CCCCCCCCCCCCCCCCCC(C)C)OC(=O)CCCCCCCCCCCC(C)C)OC(=O)CCCCCCCCCCCCCCC(C)C. The van der Waals surface area contributed by atoms with E-state index in [1.165, 1.54) is 180 Å². The van der Waals surface area contributed by atoms with Crippen molar-refractivity contribution < 1.29 is 80.2 Å². The summed E-state index contributed by atoms with van der Waals surface area (Å²) < 4.78 is 68.5. The Labute approximate surface area is 581 Å². The molecule has 3 N–H and O–H groups in total. The molecule has 6 atom stereocenters. The predicted octanol–water partition coefficient (Wildman–Crippen LogP) is 22.0. The van der Waals surface area contributed by atoms with E-state index in [0.29, 0.717) is 25.7 Å². The molecule has 0 saturated carbocycles. The number of rotatable bonds is 73. The van der Waals surface area contributed by atoms with Gasteiger partial charge < -0.3 is 33.8 Å². The Balaban J connectivity index is 5.22. The number of unbranched alkanes of at least 4 members (excludes halogenated alkanes) is 38. The average molecular weight is 1400 g/mol. The van der Waals surface area contributed by atoms with Crippen LogP contribution in [0.5, 0.6) is 0 Å². The van der Waals surface area contributed by atoms with E-state index in [4.69, 9.17) is 37.0 Å². The minimum absolute atomic E-state index is 0.105. The number of hydrogen-bond donors (Lipinski definition) is 3. The fraction of sp³-hybridized carbons (Fsp3) is 0.947. The van der Waals surface area contributed by atoms with Gasteiger partial charge in [0.05, 0.1) is 26.4 Å². The molecule has 0 amide bonds. The minimum Gasteiger partial charge on any atom is -0.462 e. The number of phosphoric acid groups is 2. The van der Waals surface area contributed by atoms with Crippen molar-refractivity contribution in [1.82, 2.24) is 0 Å². The smallest absolute Gasteiger partial charge is 0.462 e. The second kappa shape index (κ2) is 65.4. The summed E-state index contributed by atoms with van der Waals surface area (Å²) in [5.41, 5.74) is 0. The van der Waals surface area contributed by atoms with Crippen molar-refractivity contribution in [3.05, 3.63) is 0 Å². The predicted molar refractivity (Wildman–Crippen MR) is 386 cm³/mol. The van der Waals surface area contributed by atoms with Crippen LogP contribution in [0, 0.1) is 23.7 Å². The van der Waals surface area contributed by atoms with Crippen LogP contribution < -0.4 is 0 Å². The van der Waals surface area contributed by atoms with E-state index in [-0.39, 0.29) is 25.7 Å². The number of aliphatic hydroxyl groups is 1. The summed E-state index contributed by atoms with van der Waals surface area (Å²) in [5, 5.41) is 10.6. The highest BCUT2D eigenvalue weighted by molar-refractivity contribution is 7.47. The summed E-state index contributed by atoms with van der Waals surface area (Å²) in [5.74, 6) is 0.928. The topological polar surface area (TPSA) is 237 Å². The highest BCUT2D eigenvalue weighted by Crippen LogP contribution is 2.45. The van der Waals surface area contributed by atoms with Gasteiger partial charge in [0.25, 0.3) is 0 Å². The molecule has 19 heteroatoms. The lowest BCUT2D eigenvalue weighted by Gasteiger charge is -2.21. The number of hydrogen-bond acceptors (Lipinski definition) is 15. The molecule has 17 nitrogen and oxygen atoms in total. The molecular formula is C76H148O17P2. The van der Waals surface area contributed by atoms with Gasteiger partial charge in [0.15, 0.2) is 12.2 Å². The van der Waals surface area contributed by atoms with Gasteiger partial charge in [0, 0.05) is 25.7 Å². The molecule has 0 aliphatic carbocycles. The number of carbonyl (C=O) groups is 4. The first-order valence-corrected chi connectivity index (χ1v) is 42.2. The van der Waals surface area contributed by atoms with Crippen molar-refractivity contribution in [2.75, 3.05) is 39.6 Å². The maximum absolute atomic E-state index is 13.1. The summed E-state index contributed by atoms with van der Waals surface area (Å²) in [6.45, 7) is 14.2. The van der Waals surface area contributed by atoms with Gasteiger partial charge >= 0.3 is 39.5 Å². The molecule has 0 aliphatic heterocycles. The Morgan fingerprint density at radius 1 is 0.295 bits per heavy atom.